The first-order chi connectivity index (χ1) is 12.1. The van der Waals surface area contributed by atoms with E-state index in [1.54, 1.807) is 6.07 Å². The second-order valence-corrected chi connectivity index (χ2v) is 6.13. The molecule has 2 unspecified atom stereocenters. The standard InChI is InChI=1S/C19H21NO5/c21-17(20-18(19(22)23)14-7-4-10-24-11-14)12-25-16-9-3-6-13-5-1-2-8-15(13)16/h1-3,5-6,8-9,14,18H,4,7,10-12H2,(H,20,21)(H,22,23). The van der Waals surface area contributed by atoms with E-state index in [2.05, 4.69) is 5.32 Å². The van der Waals surface area contributed by atoms with Crippen LogP contribution in [0.4, 0.5) is 0 Å². The Labute approximate surface area is 145 Å². The molecule has 132 valence electrons. The molecule has 0 aliphatic carbocycles. The quantitative estimate of drug-likeness (QED) is 0.840. The van der Waals surface area contributed by atoms with Crippen molar-refractivity contribution >= 4 is 22.6 Å². The smallest absolute Gasteiger partial charge is 0.326 e. The van der Waals surface area contributed by atoms with Crippen molar-refractivity contribution in [2.24, 2.45) is 5.92 Å². The van der Waals surface area contributed by atoms with Crippen LogP contribution in [0.5, 0.6) is 5.75 Å². The van der Waals surface area contributed by atoms with Gasteiger partial charge in [-0.1, -0.05) is 36.4 Å². The molecule has 0 aromatic heterocycles. The van der Waals surface area contributed by atoms with Crippen molar-refractivity contribution in [1.29, 1.82) is 0 Å². The molecular formula is C19H21NO5. The normalized spacial score (nSPS) is 18.5. The summed E-state index contributed by atoms with van der Waals surface area (Å²) in [5.74, 6) is -1.12. The van der Waals surface area contributed by atoms with Crippen molar-refractivity contribution in [1.82, 2.24) is 5.32 Å². The van der Waals surface area contributed by atoms with Gasteiger partial charge in [0.1, 0.15) is 11.8 Å². The minimum absolute atomic E-state index is 0.215. The van der Waals surface area contributed by atoms with E-state index in [-0.39, 0.29) is 12.5 Å². The number of ether oxygens (including phenoxy) is 2. The van der Waals surface area contributed by atoms with Crippen LogP contribution in [0.15, 0.2) is 42.5 Å². The van der Waals surface area contributed by atoms with Gasteiger partial charge in [0.25, 0.3) is 5.91 Å². The van der Waals surface area contributed by atoms with E-state index in [4.69, 9.17) is 9.47 Å². The van der Waals surface area contributed by atoms with Gasteiger partial charge in [0, 0.05) is 17.9 Å². The molecule has 3 rings (SSSR count). The Balaban J connectivity index is 1.62. The molecule has 6 heteroatoms. The van der Waals surface area contributed by atoms with E-state index >= 15 is 0 Å². The lowest BCUT2D eigenvalue weighted by molar-refractivity contribution is -0.145. The van der Waals surface area contributed by atoms with Crippen molar-refractivity contribution in [3.8, 4) is 5.75 Å². The maximum Gasteiger partial charge on any atom is 0.326 e. The van der Waals surface area contributed by atoms with Gasteiger partial charge in [-0.25, -0.2) is 4.79 Å². The highest BCUT2D eigenvalue weighted by molar-refractivity contribution is 5.89. The highest BCUT2D eigenvalue weighted by Crippen LogP contribution is 2.25. The van der Waals surface area contributed by atoms with Gasteiger partial charge >= 0.3 is 5.97 Å². The van der Waals surface area contributed by atoms with E-state index in [1.807, 2.05) is 36.4 Å². The molecule has 25 heavy (non-hydrogen) atoms. The van der Waals surface area contributed by atoms with Crippen molar-refractivity contribution in [3.63, 3.8) is 0 Å². The summed E-state index contributed by atoms with van der Waals surface area (Å²) >= 11 is 0. The molecule has 0 radical (unpaired) electrons. The molecule has 0 bridgehead atoms. The number of benzene rings is 2. The fourth-order valence-corrected chi connectivity index (χ4v) is 3.09. The van der Waals surface area contributed by atoms with E-state index in [1.165, 1.54) is 0 Å². The van der Waals surface area contributed by atoms with Crippen molar-refractivity contribution < 1.29 is 24.2 Å². The second-order valence-electron chi connectivity index (χ2n) is 6.13. The van der Waals surface area contributed by atoms with Crippen molar-refractivity contribution in [2.75, 3.05) is 19.8 Å². The number of hydrogen-bond donors (Lipinski definition) is 2. The van der Waals surface area contributed by atoms with Gasteiger partial charge in [-0.05, 0) is 24.3 Å². The Kier molecular flexibility index (Phi) is 5.50. The summed E-state index contributed by atoms with van der Waals surface area (Å²) in [6.07, 6.45) is 1.53. The highest BCUT2D eigenvalue weighted by Gasteiger charge is 2.31. The number of fused-ring (bicyclic) bond motifs is 1. The van der Waals surface area contributed by atoms with Gasteiger partial charge in [-0.15, -0.1) is 0 Å². The topological polar surface area (TPSA) is 84.9 Å². The zero-order valence-corrected chi connectivity index (χ0v) is 13.8. The lowest BCUT2D eigenvalue weighted by Crippen LogP contribution is -2.49. The van der Waals surface area contributed by atoms with Crippen LogP contribution in [0.25, 0.3) is 10.8 Å². The predicted molar refractivity (Wildman–Crippen MR) is 92.6 cm³/mol. The van der Waals surface area contributed by atoms with E-state index in [0.717, 1.165) is 23.6 Å². The lowest BCUT2D eigenvalue weighted by atomic mass is 9.93. The third-order valence-corrected chi connectivity index (χ3v) is 4.36. The first kappa shape index (κ1) is 17.2. The number of carbonyl (C=O) groups is 2. The summed E-state index contributed by atoms with van der Waals surface area (Å²) in [7, 11) is 0. The SMILES string of the molecule is O=C(COc1cccc2ccccc12)NC(C(=O)O)C1CCCOC1. The molecule has 1 saturated heterocycles. The molecule has 2 aromatic rings. The average molecular weight is 343 g/mol. The zero-order chi connectivity index (χ0) is 17.6. The zero-order valence-electron chi connectivity index (χ0n) is 13.8. The fourth-order valence-electron chi connectivity index (χ4n) is 3.09. The molecule has 2 atom stereocenters. The Morgan fingerprint density at radius 2 is 2.04 bits per heavy atom. The maximum atomic E-state index is 12.2. The first-order valence-corrected chi connectivity index (χ1v) is 8.35. The van der Waals surface area contributed by atoms with E-state index in [0.29, 0.717) is 19.0 Å². The monoisotopic (exact) mass is 343 g/mol. The van der Waals surface area contributed by atoms with Crippen molar-refractivity contribution in [3.05, 3.63) is 42.5 Å². The summed E-state index contributed by atoms with van der Waals surface area (Å²) in [5.41, 5.74) is 0. The van der Waals surface area contributed by atoms with Crippen LogP contribution in [0.1, 0.15) is 12.8 Å². The van der Waals surface area contributed by atoms with E-state index < -0.39 is 17.9 Å². The van der Waals surface area contributed by atoms with Crippen LogP contribution in [0.3, 0.4) is 0 Å². The Bertz CT molecular complexity index is 749. The van der Waals surface area contributed by atoms with Crippen LogP contribution in [-0.4, -0.2) is 42.8 Å². The van der Waals surface area contributed by atoms with Crippen LogP contribution in [-0.2, 0) is 14.3 Å². The van der Waals surface area contributed by atoms with Gasteiger partial charge in [0.2, 0.25) is 0 Å². The number of carbonyl (C=O) groups excluding carboxylic acids is 1. The van der Waals surface area contributed by atoms with Gasteiger partial charge in [-0.3, -0.25) is 4.79 Å². The number of aliphatic carboxylic acids is 1. The minimum Gasteiger partial charge on any atom is -0.483 e. The lowest BCUT2D eigenvalue weighted by Gasteiger charge is -2.28. The summed E-state index contributed by atoms with van der Waals surface area (Å²) in [6.45, 7) is 0.758. The fraction of sp³-hybridized carbons (Fsp3) is 0.368. The number of carboxylic acids is 1. The molecule has 1 aliphatic heterocycles. The van der Waals surface area contributed by atoms with Crippen LogP contribution >= 0.6 is 0 Å². The van der Waals surface area contributed by atoms with Crippen LogP contribution in [0, 0.1) is 5.92 Å². The minimum atomic E-state index is -1.05. The summed E-state index contributed by atoms with van der Waals surface area (Å²) < 4.78 is 10.9. The molecule has 1 aliphatic rings. The molecule has 1 heterocycles. The molecule has 1 amide bonds. The molecule has 6 nitrogen and oxygen atoms in total. The second kappa shape index (κ2) is 7.98. The largest absolute Gasteiger partial charge is 0.483 e. The Morgan fingerprint density at radius 3 is 2.80 bits per heavy atom. The van der Waals surface area contributed by atoms with Crippen LogP contribution < -0.4 is 10.1 Å². The maximum absolute atomic E-state index is 12.2. The van der Waals surface area contributed by atoms with Crippen LogP contribution in [0.2, 0.25) is 0 Å². The Hall–Kier alpha value is -2.60. The molecule has 1 fully saturated rings. The van der Waals surface area contributed by atoms with Gasteiger partial charge in [0.05, 0.1) is 6.61 Å². The van der Waals surface area contributed by atoms with Crippen molar-refractivity contribution in [2.45, 2.75) is 18.9 Å². The van der Waals surface area contributed by atoms with Gasteiger partial charge in [-0.2, -0.15) is 0 Å². The Morgan fingerprint density at radius 1 is 1.24 bits per heavy atom. The summed E-state index contributed by atoms with van der Waals surface area (Å²) in [4.78, 5) is 23.6. The number of rotatable bonds is 6. The number of amides is 1. The molecule has 0 spiro atoms. The number of carboxylic acid groups (broad SMARTS) is 1. The van der Waals surface area contributed by atoms with Gasteiger partial charge in [0.15, 0.2) is 6.61 Å². The summed E-state index contributed by atoms with van der Waals surface area (Å²) in [6, 6.07) is 12.4. The number of nitrogens with one attached hydrogen (secondary N) is 1. The average Bonchev–Trinajstić information content (AvgIpc) is 2.65. The number of hydrogen-bond acceptors (Lipinski definition) is 4. The van der Waals surface area contributed by atoms with E-state index in [9.17, 15) is 14.7 Å². The van der Waals surface area contributed by atoms with Gasteiger partial charge < -0.3 is 19.9 Å². The third-order valence-electron chi connectivity index (χ3n) is 4.36. The molecule has 2 N–H and O–H groups in total. The molecular weight excluding hydrogens is 322 g/mol. The highest BCUT2D eigenvalue weighted by atomic mass is 16.5. The molecule has 0 saturated carbocycles. The summed E-state index contributed by atoms with van der Waals surface area (Å²) in [5, 5.41) is 13.9. The molecule has 2 aromatic carbocycles. The predicted octanol–water partition coefficient (Wildman–Crippen LogP) is 2.21. The third kappa shape index (κ3) is 4.28. The first-order valence-electron chi connectivity index (χ1n) is 8.35.